The fourth-order valence-electron chi connectivity index (χ4n) is 1.35. The fraction of sp³-hybridized carbons (Fsp3) is 1.00. The van der Waals surface area contributed by atoms with E-state index in [1.807, 2.05) is 21.6 Å². The lowest BCUT2D eigenvalue weighted by molar-refractivity contribution is 0.0933. The van der Waals surface area contributed by atoms with E-state index in [0.717, 1.165) is 50.6 Å². The molecule has 0 amide bonds. The Bertz CT molecular complexity index is 202. The molecule has 0 atom stereocenters. The van der Waals surface area contributed by atoms with E-state index in [0.29, 0.717) is 12.0 Å². The first-order chi connectivity index (χ1) is 9.62. The van der Waals surface area contributed by atoms with Crippen molar-refractivity contribution >= 4 is 21.6 Å². The van der Waals surface area contributed by atoms with Crippen molar-refractivity contribution in [3.63, 3.8) is 0 Å². The second kappa shape index (κ2) is 14.5. The van der Waals surface area contributed by atoms with Crippen LogP contribution in [0.2, 0.25) is 0 Å². The molecule has 122 valence electrons. The largest absolute Gasteiger partial charge is 0.394 e. The molecule has 0 aliphatic heterocycles. The molecular formula is C15H32O3S2. The summed E-state index contributed by atoms with van der Waals surface area (Å²) in [7, 11) is 3.82. The van der Waals surface area contributed by atoms with Gasteiger partial charge in [-0.1, -0.05) is 48.8 Å². The van der Waals surface area contributed by atoms with Crippen LogP contribution in [-0.2, 0) is 9.47 Å². The SMILES string of the molecule is CCC(C)(C)CCOCCCSSCCCOCCO. The summed E-state index contributed by atoms with van der Waals surface area (Å²) < 4.78 is 10.9. The van der Waals surface area contributed by atoms with Gasteiger partial charge in [-0.2, -0.15) is 0 Å². The highest BCUT2D eigenvalue weighted by atomic mass is 33.1. The predicted octanol–water partition coefficient (Wildman–Crippen LogP) is 4.00. The molecule has 0 aliphatic rings. The summed E-state index contributed by atoms with van der Waals surface area (Å²) in [5.74, 6) is 2.26. The van der Waals surface area contributed by atoms with Crippen LogP contribution in [0.5, 0.6) is 0 Å². The number of aliphatic hydroxyl groups is 1. The summed E-state index contributed by atoms with van der Waals surface area (Å²) in [6.45, 7) is 9.95. The maximum Gasteiger partial charge on any atom is 0.0697 e. The number of hydrogen-bond donors (Lipinski definition) is 1. The lowest BCUT2D eigenvalue weighted by Crippen LogP contribution is -2.13. The van der Waals surface area contributed by atoms with Gasteiger partial charge in [0.15, 0.2) is 0 Å². The molecule has 0 saturated carbocycles. The molecule has 0 unspecified atom stereocenters. The summed E-state index contributed by atoms with van der Waals surface area (Å²) >= 11 is 0. The molecule has 0 saturated heterocycles. The van der Waals surface area contributed by atoms with Crippen LogP contribution >= 0.6 is 21.6 Å². The number of ether oxygens (including phenoxy) is 2. The minimum absolute atomic E-state index is 0.122. The standard InChI is InChI=1S/C15H32O3S2/c1-4-15(2,3)7-11-17-9-5-13-19-20-14-6-10-18-12-8-16/h16H,4-14H2,1-3H3. The second-order valence-corrected chi connectivity index (χ2v) is 8.27. The van der Waals surface area contributed by atoms with Crippen LogP contribution in [0.3, 0.4) is 0 Å². The molecule has 0 fully saturated rings. The summed E-state index contributed by atoms with van der Waals surface area (Å²) in [6.07, 6.45) is 4.55. The maximum absolute atomic E-state index is 8.54. The van der Waals surface area contributed by atoms with Crippen molar-refractivity contribution in [2.75, 3.05) is 44.5 Å². The van der Waals surface area contributed by atoms with Crippen molar-refractivity contribution in [2.24, 2.45) is 5.41 Å². The number of hydrogen-bond acceptors (Lipinski definition) is 5. The minimum Gasteiger partial charge on any atom is -0.394 e. The third-order valence-corrected chi connectivity index (χ3v) is 5.81. The molecule has 1 N–H and O–H groups in total. The molecule has 0 aromatic heterocycles. The van der Waals surface area contributed by atoms with Crippen molar-refractivity contribution in [3.05, 3.63) is 0 Å². The zero-order valence-electron chi connectivity index (χ0n) is 13.4. The topological polar surface area (TPSA) is 38.7 Å². The van der Waals surface area contributed by atoms with Crippen molar-refractivity contribution in [3.8, 4) is 0 Å². The highest BCUT2D eigenvalue weighted by Gasteiger charge is 2.13. The van der Waals surface area contributed by atoms with E-state index in [9.17, 15) is 0 Å². The van der Waals surface area contributed by atoms with Gasteiger partial charge in [0.25, 0.3) is 0 Å². The summed E-state index contributed by atoms with van der Waals surface area (Å²) in [5, 5.41) is 8.54. The van der Waals surface area contributed by atoms with E-state index < -0.39 is 0 Å². The molecule has 20 heavy (non-hydrogen) atoms. The smallest absolute Gasteiger partial charge is 0.0697 e. The highest BCUT2D eigenvalue weighted by molar-refractivity contribution is 8.76. The van der Waals surface area contributed by atoms with Gasteiger partial charge in [-0.3, -0.25) is 0 Å². The van der Waals surface area contributed by atoms with Gasteiger partial charge < -0.3 is 14.6 Å². The zero-order chi connectivity index (χ0) is 15.1. The van der Waals surface area contributed by atoms with Gasteiger partial charge in [-0.05, 0) is 24.7 Å². The summed E-state index contributed by atoms with van der Waals surface area (Å²) in [5.41, 5.74) is 0.419. The van der Waals surface area contributed by atoms with E-state index in [-0.39, 0.29) is 6.61 Å². The molecule has 0 bridgehead atoms. The Balaban J connectivity index is 3.06. The predicted molar refractivity (Wildman–Crippen MR) is 91.6 cm³/mol. The quantitative estimate of drug-likeness (QED) is 0.364. The Hall–Kier alpha value is 0.580. The average molecular weight is 325 g/mol. The van der Waals surface area contributed by atoms with E-state index in [4.69, 9.17) is 14.6 Å². The van der Waals surface area contributed by atoms with Gasteiger partial charge in [0, 0.05) is 31.3 Å². The van der Waals surface area contributed by atoms with Gasteiger partial charge >= 0.3 is 0 Å². The molecular weight excluding hydrogens is 292 g/mol. The van der Waals surface area contributed by atoms with Crippen molar-refractivity contribution in [1.29, 1.82) is 0 Å². The van der Waals surface area contributed by atoms with Crippen LogP contribution < -0.4 is 0 Å². The Kier molecular flexibility index (Phi) is 14.9. The van der Waals surface area contributed by atoms with Gasteiger partial charge in [-0.25, -0.2) is 0 Å². The Labute approximate surface area is 133 Å². The maximum atomic E-state index is 8.54. The van der Waals surface area contributed by atoms with Crippen molar-refractivity contribution in [2.45, 2.75) is 46.5 Å². The van der Waals surface area contributed by atoms with Gasteiger partial charge in [0.05, 0.1) is 13.2 Å². The van der Waals surface area contributed by atoms with Crippen LogP contribution in [0.4, 0.5) is 0 Å². The van der Waals surface area contributed by atoms with Gasteiger partial charge in [0.1, 0.15) is 0 Å². The molecule has 0 aromatic carbocycles. The first-order valence-corrected chi connectivity index (χ1v) is 10.1. The first kappa shape index (κ1) is 20.6. The van der Waals surface area contributed by atoms with Crippen LogP contribution in [0.15, 0.2) is 0 Å². The van der Waals surface area contributed by atoms with E-state index >= 15 is 0 Å². The lowest BCUT2D eigenvalue weighted by atomic mass is 9.87. The average Bonchev–Trinajstić information content (AvgIpc) is 2.44. The van der Waals surface area contributed by atoms with Crippen LogP contribution in [0.1, 0.15) is 46.5 Å². The molecule has 0 rings (SSSR count). The van der Waals surface area contributed by atoms with Crippen molar-refractivity contribution < 1.29 is 14.6 Å². The number of rotatable bonds is 15. The van der Waals surface area contributed by atoms with Crippen LogP contribution in [0.25, 0.3) is 0 Å². The minimum atomic E-state index is 0.122. The summed E-state index contributed by atoms with van der Waals surface area (Å²) in [4.78, 5) is 0. The first-order valence-electron chi connectivity index (χ1n) is 7.63. The Morgan fingerprint density at radius 2 is 1.45 bits per heavy atom. The Morgan fingerprint density at radius 1 is 0.900 bits per heavy atom. The monoisotopic (exact) mass is 324 g/mol. The highest BCUT2D eigenvalue weighted by Crippen LogP contribution is 2.24. The fourth-order valence-corrected chi connectivity index (χ4v) is 3.47. The van der Waals surface area contributed by atoms with Gasteiger partial charge in [0.2, 0.25) is 0 Å². The van der Waals surface area contributed by atoms with Crippen LogP contribution in [-0.4, -0.2) is 49.6 Å². The van der Waals surface area contributed by atoms with E-state index in [1.54, 1.807) is 0 Å². The second-order valence-electron chi connectivity index (χ2n) is 5.57. The summed E-state index contributed by atoms with van der Waals surface area (Å²) in [6, 6.07) is 0. The molecule has 0 heterocycles. The molecule has 3 nitrogen and oxygen atoms in total. The van der Waals surface area contributed by atoms with E-state index in [1.165, 1.54) is 6.42 Å². The van der Waals surface area contributed by atoms with Gasteiger partial charge in [-0.15, -0.1) is 0 Å². The van der Waals surface area contributed by atoms with Crippen LogP contribution in [0, 0.1) is 5.41 Å². The normalized spacial score (nSPS) is 12.0. The molecule has 0 aromatic rings. The number of aliphatic hydroxyl groups excluding tert-OH is 1. The van der Waals surface area contributed by atoms with E-state index in [2.05, 4.69) is 20.8 Å². The third kappa shape index (κ3) is 15.0. The molecule has 0 radical (unpaired) electrons. The molecule has 5 heteroatoms. The lowest BCUT2D eigenvalue weighted by Gasteiger charge is -2.22. The van der Waals surface area contributed by atoms with Crippen molar-refractivity contribution in [1.82, 2.24) is 0 Å². The Morgan fingerprint density at radius 3 is 1.95 bits per heavy atom. The molecule has 0 spiro atoms. The third-order valence-electron chi connectivity index (χ3n) is 3.23. The zero-order valence-corrected chi connectivity index (χ0v) is 15.0. The molecule has 0 aliphatic carbocycles.